The van der Waals surface area contributed by atoms with Crippen LogP contribution in [0.1, 0.15) is 17.0 Å². The molecule has 0 saturated carbocycles. The highest BCUT2D eigenvalue weighted by atomic mass is 15.1. The van der Waals surface area contributed by atoms with E-state index in [1.165, 1.54) is 11.1 Å². The van der Waals surface area contributed by atoms with Gasteiger partial charge >= 0.3 is 0 Å². The first kappa shape index (κ1) is 11.2. The van der Waals surface area contributed by atoms with Crippen molar-refractivity contribution in [3.63, 3.8) is 0 Å². The largest absolute Gasteiger partial charge is 0.398 e. The summed E-state index contributed by atoms with van der Waals surface area (Å²) in [5.74, 6) is 0.879. The van der Waals surface area contributed by atoms with Gasteiger partial charge < -0.3 is 5.73 Å². The van der Waals surface area contributed by atoms with Gasteiger partial charge in [0, 0.05) is 31.2 Å². The molecule has 2 aromatic rings. The first-order valence-corrected chi connectivity index (χ1v) is 6.17. The van der Waals surface area contributed by atoms with Crippen LogP contribution in [-0.4, -0.2) is 21.4 Å². The van der Waals surface area contributed by atoms with Crippen molar-refractivity contribution in [3.8, 4) is 0 Å². The molecule has 0 aliphatic carbocycles. The van der Waals surface area contributed by atoms with Gasteiger partial charge in [0.05, 0.1) is 6.54 Å². The zero-order valence-corrected chi connectivity index (χ0v) is 10.2. The van der Waals surface area contributed by atoms with E-state index in [1.807, 2.05) is 18.2 Å². The molecule has 1 aromatic carbocycles. The number of nitrogen functional groups attached to an aromatic ring is 1. The minimum atomic E-state index is 0.801. The van der Waals surface area contributed by atoms with Crippen molar-refractivity contribution in [3.05, 3.63) is 53.6 Å². The Bertz CT molecular complexity index is 539. The fraction of sp³-hybridized carbons (Fsp3) is 0.286. The second-order valence-electron chi connectivity index (χ2n) is 4.61. The molecule has 4 heteroatoms. The van der Waals surface area contributed by atoms with Gasteiger partial charge in [-0.15, -0.1) is 0 Å². The fourth-order valence-corrected chi connectivity index (χ4v) is 2.44. The van der Waals surface area contributed by atoms with Crippen LogP contribution in [0.15, 0.2) is 36.7 Å². The molecule has 0 spiro atoms. The summed E-state index contributed by atoms with van der Waals surface area (Å²) in [6.07, 6.45) is 4.59. The summed E-state index contributed by atoms with van der Waals surface area (Å²) < 4.78 is 0. The first-order chi connectivity index (χ1) is 8.83. The van der Waals surface area contributed by atoms with E-state index in [0.29, 0.717) is 0 Å². The lowest BCUT2D eigenvalue weighted by Crippen LogP contribution is -2.31. The molecule has 0 radical (unpaired) electrons. The molecule has 0 atom stereocenters. The van der Waals surface area contributed by atoms with Crippen molar-refractivity contribution in [1.29, 1.82) is 0 Å². The highest BCUT2D eigenvalue weighted by Crippen LogP contribution is 2.24. The number of nitrogens with zero attached hydrogens (tertiary/aromatic N) is 3. The van der Waals surface area contributed by atoms with Gasteiger partial charge in [0.25, 0.3) is 0 Å². The molecular weight excluding hydrogens is 224 g/mol. The van der Waals surface area contributed by atoms with Gasteiger partial charge in [0.1, 0.15) is 5.82 Å². The van der Waals surface area contributed by atoms with Crippen LogP contribution >= 0.6 is 0 Å². The van der Waals surface area contributed by atoms with Gasteiger partial charge in [-0.2, -0.15) is 0 Å². The standard InChI is InChI=1S/C14H16N4/c15-13-4-1-3-11-9-18(8-5-12(11)13)10-14-16-6-2-7-17-14/h1-4,6-7H,5,8-10,15H2. The summed E-state index contributed by atoms with van der Waals surface area (Å²) in [5, 5.41) is 0. The zero-order chi connectivity index (χ0) is 12.4. The number of anilines is 1. The van der Waals surface area contributed by atoms with E-state index >= 15 is 0 Å². The SMILES string of the molecule is Nc1cccc2c1CCN(Cc1ncccn1)C2. The lowest BCUT2D eigenvalue weighted by molar-refractivity contribution is 0.240. The van der Waals surface area contributed by atoms with Gasteiger partial charge in [-0.25, -0.2) is 9.97 Å². The lowest BCUT2D eigenvalue weighted by Gasteiger charge is -2.28. The van der Waals surface area contributed by atoms with Gasteiger partial charge in [0.2, 0.25) is 0 Å². The Morgan fingerprint density at radius 1 is 1.17 bits per heavy atom. The predicted molar refractivity (Wildman–Crippen MR) is 70.7 cm³/mol. The van der Waals surface area contributed by atoms with Gasteiger partial charge in [-0.3, -0.25) is 4.90 Å². The van der Waals surface area contributed by atoms with Crippen LogP contribution in [-0.2, 0) is 19.5 Å². The number of nitrogens with two attached hydrogens (primary N) is 1. The van der Waals surface area contributed by atoms with Crippen molar-refractivity contribution in [2.75, 3.05) is 12.3 Å². The van der Waals surface area contributed by atoms with Crippen LogP contribution in [0.4, 0.5) is 5.69 Å². The maximum Gasteiger partial charge on any atom is 0.142 e. The second kappa shape index (κ2) is 4.74. The Morgan fingerprint density at radius 2 is 2.00 bits per heavy atom. The van der Waals surface area contributed by atoms with Gasteiger partial charge in [-0.1, -0.05) is 12.1 Å². The summed E-state index contributed by atoms with van der Waals surface area (Å²) in [7, 11) is 0. The van der Waals surface area contributed by atoms with E-state index < -0.39 is 0 Å². The number of hydrogen-bond acceptors (Lipinski definition) is 4. The molecule has 3 rings (SSSR count). The number of hydrogen-bond donors (Lipinski definition) is 1. The summed E-state index contributed by atoms with van der Waals surface area (Å²) in [5.41, 5.74) is 9.55. The Labute approximate surface area is 106 Å². The smallest absolute Gasteiger partial charge is 0.142 e. The Hall–Kier alpha value is -1.94. The molecule has 1 aliphatic heterocycles. The molecule has 18 heavy (non-hydrogen) atoms. The zero-order valence-electron chi connectivity index (χ0n) is 10.2. The summed E-state index contributed by atoms with van der Waals surface area (Å²) in [6, 6.07) is 8.00. The maximum atomic E-state index is 6.00. The van der Waals surface area contributed by atoms with E-state index in [-0.39, 0.29) is 0 Å². The molecule has 0 unspecified atom stereocenters. The molecule has 0 amide bonds. The van der Waals surface area contributed by atoms with Crippen molar-refractivity contribution < 1.29 is 0 Å². The molecule has 4 nitrogen and oxygen atoms in total. The summed E-state index contributed by atoms with van der Waals surface area (Å²) in [6.45, 7) is 2.74. The minimum Gasteiger partial charge on any atom is -0.398 e. The molecular formula is C14H16N4. The van der Waals surface area contributed by atoms with Crippen molar-refractivity contribution in [2.45, 2.75) is 19.5 Å². The van der Waals surface area contributed by atoms with Crippen LogP contribution < -0.4 is 5.73 Å². The predicted octanol–water partition coefficient (Wildman–Crippen LogP) is 1.62. The highest BCUT2D eigenvalue weighted by molar-refractivity contribution is 5.51. The third-order valence-corrected chi connectivity index (χ3v) is 3.37. The fourth-order valence-electron chi connectivity index (χ4n) is 2.44. The molecule has 0 bridgehead atoms. The van der Waals surface area contributed by atoms with Crippen LogP contribution in [0.5, 0.6) is 0 Å². The van der Waals surface area contributed by atoms with Crippen LogP contribution in [0, 0.1) is 0 Å². The van der Waals surface area contributed by atoms with Crippen molar-refractivity contribution in [2.24, 2.45) is 0 Å². The molecule has 2 N–H and O–H groups in total. The second-order valence-corrected chi connectivity index (χ2v) is 4.61. The number of benzene rings is 1. The average molecular weight is 240 g/mol. The maximum absolute atomic E-state index is 6.00. The summed E-state index contributed by atoms with van der Waals surface area (Å²) in [4.78, 5) is 10.9. The molecule has 92 valence electrons. The van der Waals surface area contributed by atoms with E-state index in [1.54, 1.807) is 12.4 Å². The minimum absolute atomic E-state index is 0.801. The quantitative estimate of drug-likeness (QED) is 0.810. The first-order valence-electron chi connectivity index (χ1n) is 6.17. The lowest BCUT2D eigenvalue weighted by atomic mass is 9.98. The monoisotopic (exact) mass is 240 g/mol. The molecule has 1 aromatic heterocycles. The number of aromatic nitrogens is 2. The van der Waals surface area contributed by atoms with Gasteiger partial charge in [0.15, 0.2) is 0 Å². The normalized spacial score (nSPS) is 15.3. The van der Waals surface area contributed by atoms with E-state index in [0.717, 1.165) is 37.6 Å². The third kappa shape index (κ3) is 2.19. The van der Waals surface area contributed by atoms with E-state index in [4.69, 9.17) is 5.73 Å². The van der Waals surface area contributed by atoms with Crippen molar-refractivity contribution >= 4 is 5.69 Å². The summed E-state index contributed by atoms with van der Waals surface area (Å²) >= 11 is 0. The van der Waals surface area contributed by atoms with E-state index in [9.17, 15) is 0 Å². The Morgan fingerprint density at radius 3 is 2.83 bits per heavy atom. The number of rotatable bonds is 2. The van der Waals surface area contributed by atoms with Crippen LogP contribution in [0.25, 0.3) is 0 Å². The number of fused-ring (bicyclic) bond motifs is 1. The molecule has 0 fully saturated rings. The molecule has 1 aliphatic rings. The topological polar surface area (TPSA) is 55.0 Å². The highest BCUT2D eigenvalue weighted by Gasteiger charge is 2.18. The van der Waals surface area contributed by atoms with Crippen molar-refractivity contribution in [1.82, 2.24) is 14.9 Å². The Kier molecular flexibility index (Phi) is 2.94. The van der Waals surface area contributed by atoms with Gasteiger partial charge in [-0.05, 0) is 29.7 Å². The molecule has 0 saturated heterocycles. The third-order valence-electron chi connectivity index (χ3n) is 3.37. The van der Waals surface area contributed by atoms with Crippen LogP contribution in [0.2, 0.25) is 0 Å². The van der Waals surface area contributed by atoms with Crippen LogP contribution in [0.3, 0.4) is 0 Å². The average Bonchev–Trinajstić information content (AvgIpc) is 2.40. The Balaban J connectivity index is 1.76. The van der Waals surface area contributed by atoms with E-state index in [2.05, 4.69) is 20.9 Å². The molecule has 2 heterocycles.